The highest BCUT2D eigenvalue weighted by molar-refractivity contribution is 7.93. The van der Waals surface area contributed by atoms with E-state index in [1.165, 1.54) is 55.6 Å². The number of carbonyl (C=O) groups is 4. The molecule has 0 aliphatic carbocycles. The van der Waals surface area contributed by atoms with Crippen LogP contribution in [0, 0.1) is 44.7 Å². The van der Waals surface area contributed by atoms with Gasteiger partial charge in [0.2, 0.25) is 0 Å². The van der Waals surface area contributed by atoms with Crippen molar-refractivity contribution in [2.75, 3.05) is 71.6 Å². The molecule has 0 amide bonds. The molecule has 8 aromatic rings. The fraction of sp³-hybridized carbons (Fsp3) is 0.393. The summed E-state index contributed by atoms with van der Waals surface area (Å²) in [6.45, 7) is 7.49. The number of aryl methyl sites for hydroxylation is 3. The minimum atomic E-state index is -3.82. The molecule has 8 aromatic carbocycles. The predicted octanol–water partition coefficient (Wildman–Crippen LogP) is 16.0. The number of hydrogen-bond acceptors (Lipinski definition) is 16. The van der Waals surface area contributed by atoms with Gasteiger partial charge in [-0.25, -0.2) is 42.5 Å². The maximum Gasteiger partial charge on any atom is 0.303 e. The van der Waals surface area contributed by atoms with Crippen LogP contribution in [-0.4, -0.2) is 132 Å². The molecular weight excluding hydrogens is 1640 g/mol. The highest BCUT2D eigenvalue weighted by Gasteiger charge is 2.40. The quantitative estimate of drug-likeness (QED) is 0.0143. The van der Waals surface area contributed by atoms with Gasteiger partial charge in [0.25, 0.3) is 40.1 Å². The Morgan fingerprint density at radius 1 is 0.350 bits per heavy atom. The number of rotatable bonds is 32. The Hall–Kier alpha value is -9.81. The molecule has 0 fully saturated rings. The first-order valence-electron chi connectivity index (χ1n) is 40.2. The Bertz CT molecular complexity index is 5150. The lowest BCUT2D eigenvalue weighted by Gasteiger charge is -2.22. The summed E-state index contributed by atoms with van der Waals surface area (Å²) in [6, 6.07) is 41.9. The molecule has 0 saturated carbocycles. The molecule has 0 radical (unpaired) electrons. The van der Waals surface area contributed by atoms with E-state index in [4.69, 9.17) is 38.5 Å². The number of sulfonamides is 4. The number of nitrogens with zero attached hydrogens (tertiary/aromatic N) is 4. The zero-order valence-corrected chi connectivity index (χ0v) is 72.6. The van der Waals surface area contributed by atoms with E-state index in [1.807, 2.05) is 66.7 Å². The highest BCUT2D eigenvalue weighted by atomic mass is 35.5. The Balaban J connectivity index is 0.000000182. The van der Waals surface area contributed by atoms with Crippen molar-refractivity contribution in [2.24, 2.45) is 0 Å². The number of nitrogens with one attached hydrogen (secondary N) is 4. The number of unbranched alkanes of at least 4 members (excludes halogenated alkanes) is 12. The zero-order valence-electron chi connectivity index (χ0n) is 68.5. The highest BCUT2D eigenvalue weighted by Crippen LogP contribution is 2.46. The Kier molecular flexibility index (Phi) is 33.4. The van der Waals surface area contributed by atoms with E-state index in [0.717, 1.165) is 105 Å². The molecule has 8 N–H and O–H groups in total. The molecule has 12 rings (SSSR count). The van der Waals surface area contributed by atoms with Crippen LogP contribution in [0.1, 0.15) is 219 Å². The summed E-state index contributed by atoms with van der Waals surface area (Å²) in [5, 5.41) is 49.2. The number of carboxylic acid groups (broad SMARTS) is 4. The number of hydrogen-bond donors (Lipinski definition) is 8. The van der Waals surface area contributed by atoms with Gasteiger partial charge in [0.1, 0.15) is 11.6 Å². The summed E-state index contributed by atoms with van der Waals surface area (Å²) in [6.07, 6.45) is 19.1. The summed E-state index contributed by atoms with van der Waals surface area (Å²) >= 11 is 6.38. The first kappa shape index (κ1) is 94.0. The fourth-order valence-corrected chi connectivity index (χ4v) is 21.4. The van der Waals surface area contributed by atoms with Crippen molar-refractivity contribution in [3.8, 4) is 12.3 Å². The molecule has 644 valence electrons. The number of anilines is 4. The molecular formula is C89H107ClF2N8O16S4. The normalized spacial score (nSPS) is 17.1. The summed E-state index contributed by atoms with van der Waals surface area (Å²) in [5.41, 5.74) is 9.66. The molecule has 4 aliphatic heterocycles. The lowest BCUT2D eigenvalue weighted by atomic mass is 9.95. The van der Waals surface area contributed by atoms with Crippen molar-refractivity contribution in [2.45, 2.75) is 193 Å². The SMILES string of the molecule is C#Cc1ccc2c(c1)S(=O)(=O)N(C)c1ccccc1C2NCCCCCCC(=O)O.Cc1cc2c(cc1Cl)C(NCCCCCCC(=O)O)c1ccccc1N(C)S2(=O)=O.Cc1cc2c(cc1F)C(NCCCCCCC(=O)O)c1ccccc1N(C)S2(=O)=O.Cc1cc2c(cc1F)C(NCCCCCCC(=O)O)c1ccccc1N(C)S2(=O)=O. The van der Waals surface area contributed by atoms with Gasteiger partial charge in [0.15, 0.2) is 0 Å². The Morgan fingerprint density at radius 3 is 0.883 bits per heavy atom. The average molecular weight is 1750 g/mol. The predicted molar refractivity (Wildman–Crippen MR) is 463 cm³/mol. The molecule has 0 aromatic heterocycles. The molecule has 120 heavy (non-hydrogen) atoms. The molecule has 31 heteroatoms. The van der Waals surface area contributed by atoms with Gasteiger partial charge in [-0.2, -0.15) is 0 Å². The lowest BCUT2D eigenvalue weighted by Crippen LogP contribution is -2.26. The van der Waals surface area contributed by atoms with Crippen molar-refractivity contribution in [3.63, 3.8) is 0 Å². The van der Waals surface area contributed by atoms with Gasteiger partial charge in [-0.05, 0) is 232 Å². The van der Waals surface area contributed by atoms with Gasteiger partial charge in [-0.1, -0.05) is 148 Å². The minimum Gasteiger partial charge on any atom is -0.481 e. The van der Waals surface area contributed by atoms with E-state index in [9.17, 15) is 61.6 Å². The number of para-hydroxylation sites is 4. The van der Waals surface area contributed by atoms with Crippen molar-refractivity contribution >= 4 is 98.3 Å². The standard InChI is InChI=1S/C23H26N2O4S.C22H27ClN2O4S.2C22H27FN2O4S/c1-3-17-13-14-19-21(16-17)30(28,29)25(2)20-11-8-7-10-18(20)23(19)24-15-9-5-4-6-12-22(26)27;3*1-15-13-20-17(14-18(15)23)22(24-12-8-4-3-5-11-21(26)27)16-9-6-7-10-19(16)25(2)30(20,28)29/h1,7-8,10-11,13-14,16,23-24H,4-6,9,12,15H2,2H3,(H,26,27);3*6-7,9-10,13-14,22,24H,3-5,8,11-12H2,1-2H3,(H,26,27). The van der Waals surface area contributed by atoms with Crippen molar-refractivity contribution in [1.82, 2.24) is 21.3 Å². The largest absolute Gasteiger partial charge is 0.481 e. The van der Waals surface area contributed by atoms with Crippen LogP contribution < -0.4 is 38.5 Å². The molecule has 4 aliphatic rings. The number of terminal acetylenes is 1. The summed E-state index contributed by atoms with van der Waals surface area (Å²) in [4.78, 5) is 43.1. The number of benzene rings is 8. The monoisotopic (exact) mass is 1740 g/mol. The van der Waals surface area contributed by atoms with Gasteiger partial charge in [-0.3, -0.25) is 36.4 Å². The number of fused-ring (bicyclic) bond motifs is 8. The van der Waals surface area contributed by atoms with Crippen LogP contribution in [0.3, 0.4) is 0 Å². The van der Waals surface area contributed by atoms with E-state index in [1.54, 1.807) is 95.5 Å². The van der Waals surface area contributed by atoms with Gasteiger partial charge in [-0.15, -0.1) is 6.42 Å². The molecule has 0 bridgehead atoms. The Labute approximate surface area is 709 Å². The minimum absolute atomic E-state index is 0.110. The van der Waals surface area contributed by atoms with Crippen molar-refractivity contribution in [1.29, 1.82) is 0 Å². The van der Waals surface area contributed by atoms with Crippen LogP contribution in [0.5, 0.6) is 0 Å². The lowest BCUT2D eigenvalue weighted by molar-refractivity contribution is -0.138. The maximum atomic E-state index is 14.4. The molecule has 4 unspecified atom stereocenters. The summed E-state index contributed by atoms with van der Waals surface area (Å²) < 4.78 is 140. The van der Waals surface area contributed by atoms with Crippen LogP contribution in [0.25, 0.3) is 0 Å². The second kappa shape index (κ2) is 42.6. The fourth-order valence-electron chi connectivity index (χ4n) is 15.2. The third-order valence-corrected chi connectivity index (χ3v) is 29.6. The topological polar surface area (TPSA) is 347 Å². The van der Waals surface area contributed by atoms with Gasteiger partial charge < -0.3 is 41.7 Å². The second-order valence-electron chi connectivity index (χ2n) is 30.2. The number of aliphatic carboxylic acids is 4. The van der Waals surface area contributed by atoms with Gasteiger partial charge in [0.05, 0.1) is 66.5 Å². The third kappa shape index (κ3) is 22.9. The van der Waals surface area contributed by atoms with Crippen LogP contribution in [0.2, 0.25) is 5.02 Å². The smallest absolute Gasteiger partial charge is 0.303 e. The first-order chi connectivity index (χ1) is 57.0. The van der Waals surface area contributed by atoms with Gasteiger partial charge >= 0.3 is 23.9 Å². The van der Waals surface area contributed by atoms with Crippen LogP contribution in [0.4, 0.5) is 31.5 Å². The van der Waals surface area contributed by atoms with Crippen LogP contribution in [0.15, 0.2) is 171 Å². The Morgan fingerprint density at radius 2 is 0.600 bits per heavy atom. The molecule has 4 atom stereocenters. The molecule has 4 heterocycles. The molecule has 24 nitrogen and oxygen atoms in total. The first-order valence-corrected chi connectivity index (χ1v) is 46.3. The molecule has 0 spiro atoms. The van der Waals surface area contributed by atoms with Gasteiger partial charge in [0, 0.05) is 64.5 Å². The summed E-state index contributed by atoms with van der Waals surface area (Å²) in [5.74, 6) is -1.47. The second-order valence-corrected chi connectivity index (χ2v) is 38.4. The van der Waals surface area contributed by atoms with E-state index in [2.05, 4.69) is 27.2 Å². The van der Waals surface area contributed by atoms with Crippen LogP contribution in [-0.2, 0) is 59.3 Å². The van der Waals surface area contributed by atoms with E-state index >= 15 is 0 Å². The zero-order chi connectivity index (χ0) is 87.4. The van der Waals surface area contributed by atoms with Crippen molar-refractivity contribution in [3.05, 3.63) is 235 Å². The van der Waals surface area contributed by atoms with E-state index in [-0.39, 0.29) is 68.5 Å². The number of halogens is 3. The van der Waals surface area contributed by atoms with Crippen molar-refractivity contribution < 1.29 is 82.1 Å². The van der Waals surface area contributed by atoms with E-state index < -0.39 is 87.7 Å². The van der Waals surface area contributed by atoms with Crippen LogP contribution >= 0.6 is 11.6 Å². The summed E-state index contributed by atoms with van der Waals surface area (Å²) in [7, 11) is -8.94. The molecule has 0 saturated heterocycles. The maximum absolute atomic E-state index is 14.4. The number of carboxylic acids is 4. The third-order valence-electron chi connectivity index (χ3n) is 21.9. The average Bonchev–Trinajstić information content (AvgIpc) is 1.62. The van der Waals surface area contributed by atoms with E-state index in [0.29, 0.717) is 107 Å².